The lowest BCUT2D eigenvalue weighted by Gasteiger charge is -1.98. The van der Waals surface area contributed by atoms with Crippen LogP contribution in [0.15, 0.2) is 6.20 Å². The van der Waals surface area contributed by atoms with Gasteiger partial charge in [0.05, 0.1) is 5.69 Å². The summed E-state index contributed by atoms with van der Waals surface area (Å²) in [6.07, 6.45) is 1.94. The topological polar surface area (TPSA) is 38.0 Å². The summed E-state index contributed by atoms with van der Waals surface area (Å²) >= 11 is 0. The Bertz CT molecular complexity index is 196. The number of aliphatic hydroxyl groups is 1. The van der Waals surface area contributed by atoms with Crippen molar-refractivity contribution >= 4 is 0 Å². The maximum atomic E-state index is 8.78. The minimum atomic E-state index is 0.0294. The van der Waals surface area contributed by atoms with Crippen LogP contribution in [0.25, 0.3) is 0 Å². The number of hydrogen-bond acceptors (Lipinski definition) is 2. The van der Waals surface area contributed by atoms with Crippen LogP contribution in [-0.2, 0) is 13.2 Å². The van der Waals surface area contributed by atoms with Crippen LogP contribution in [0, 0.1) is 6.92 Å². The van der Waals surface area contributed by atoms with Crippen molar-refractivity contribution in [3.8, 4) is 0 Å². The molecule has 0 bridgehead atoms. The maximum Gasteiger partial charge on any atom is 0.134 e. The molecule has 1 aromatic rings. The van der Waals surface area contributed by atoms with Crippen LogP contribution in [0.1, 0.15) is 18.4 Å². The van der Waals surface area contributed by atoms with E-state index in [9.17, 15) is 0 Å². The Hall–Kier alpha value is -0.830. The highest BCUT2D eigenvalue weighted by Gasteiger charge is 2.00. The Morgan fingerprint density at radius 1 is 1.70 bits per heavy atom. The van der Waals surface area contributed by atoms with E-state index in [0.29, 0.717) is 0 Å². The summed E-state index contributed by atoms with van der Waals surface area (Å²) in [6.45, 7) is 4.85. The number of rotatable bonds is 2. The molecule has 1 N–H and O–H groups in total. The molecular weight excluding hydrogens is 128 g/mol. The molecule has 0 amide bonds. The second-order valence-corrected chi connectivity index (χ2v) is 2.24. The highest BCUT2D eigenvalue weighted by molar-refractivity contribution is 5.00. The van der Waals surface area contributed by atoms with Gasteiger partial charge in [0.1, 0.15) is 12.4 Å². The molecule has 3 nitrogen and oxygen atoms in total. The lowest BCUT2D eigenvalue weighted by atomic mass is 10.6. The smallest absolute Gasteiger partial charge is 0.134 e. The molecule has 0 radical (unpaired) electrons. The van der Waals surface area contributed by atoms with Crippen LogP contribution in [0.3, 0.4) is 0 Å². The zero-order valence-electron chi connectivity index (χ0n) is 6.33. The molecule has 0 saturated heterocycles. The van der Waals surface area contributed by atoms with Gasteiger partial charge >= 0.3 is 0 Å². The van der Waals surface area contributed by atoms with Crippen LogP contribution in [-0.4, -0.2) is 14.7 Å². The van der Waals surface area contributed by atoms with Gasteiger partial charge in [-0.3, -0.25) is 0 Å². The molecule has 3 heteroatoms. The number of hydrogen-bond donors (Lipinski definition) is 1. The Kier molecular flexibility index (Phi) is 2.06. The molecule has 0 aromatic carbocycles. The third-order valence-corrected chi connectivity index (χ3v) is 1.46. The quantitative estimate of drug-likeness (QED) is 0.656. The predicted molar refractivity (Wildman–Crippen MR) is 38.6 cm³/mol. The number of aromatic nitrogens is 2. The third kappa shape index (κ3) is 1.19. The fraction of sp³-hybridized carbons (Fsp3) is 0.571. The van der Waals surface area contributed by atoms with E-state index in [2.05, 4.69) is 4.98 Å². The number of aryl methyl sites for hydroxylation is 2. The molecule has 10 heavy (non-hydrogen) atoms. The molecule has 1 aromatic heterocycles. The first kappa shape index (κ1) is 7.28. The first-order chi connectivity index (χ1) is 4.77. The second kappa shape index (κ2) is 2.84. The molecule has 0 atom stereocenters. The molecule has 0 fully saturated rings. The summed E-state index contributed by atoms with van der Waals surface area (Å²) in [4.78, 5) is 4.11. The van der Waals surface area contributed by atoms with Crippen molar-refractivity contribution in [2.45, 2.75) is 27.0 Å². The first-order valence-electron chi connectivity index (χ1n) is 3.41. The fourth-order valence-electron chi connectivity index (χ4n) is 0.997. The summed E-state index contributed by atoms with van der Waals surface area (Å²) in [7, 11) is 0. The Balaban J connectivity index is 2.96. The van der Waals surface area contributed by atoms with E-state index in [0.717, 1.165) is 18.1 Å². The van der Waals surface area contributed by atoms with Gasteiger partial charge in [0.15, 0.2) is 0 Å². The van der Waals surface area contributed by atoms with Gasteiger partial charge in [0.2, 0.25) is 0 Å². The molecule has 0 unspecified atom stereocenters. The average Bonchev–Trinajstić information content (AvgIpc) is 2.30. The Labute approximate surface area is 60.3 Å². The molecule has 0 saturated carbocycles. The van der Waals surface area contributed by atoms with Gasteiger partial charge in [0.25, 0.3) is 0 Å². The molecule has 0 aliphatic heterocycles. The minimum absolute atomic E-state index is 0.0294. The number of aliphatic hydroxyl groups excluding tert-OH is 1. The van der Waals surface area contributed by atoms with E-state index >= 15 is 0 Å². The average molecular weight is 140 g/mol. The van der Waals surface area contributed by atoms with Crippen LogP contribution >= 0.6 is 0 Å². The van der Waals surface area contributed by atoms with Gasteiger partial charge in [-0.25, -0.2) is 4.98 Å². The van der Waals surface area contributed by atoms with Crippen molar-refractivity contribution in [1.29, 1.82) is 0 Å². The van der Waals surface area contributed by atoms with Crippen molar-refractivity contribution in [2.24, 2.45) is 0 Å². The highest BCUT2D eigenvalue weighted by Crippen LogP contribution is 2.01. The zero-order valence-corrected chi connectivity index (χ0v) is 6.33. The second-order valence-electron chi connectivity index (χ2n) is 2.24. The Morgan fingerprint density at radius 3 is 2.80 bits per heavy atom. The van der Waals surface area contributed by atoms with E-state index in [1.807, 2.05) is 24.6 Å². The van der Waals surface area contributed by atoms with E-state index in [1.54, 1.807) is 0 Å². The lowest BCUT2D eigenvalue weighted by Crippen LogP contribution is -1.99. The lowest BCUT2D eigenvalue weighted by molar-refractivity contribution is 0.265. The van der Waals surface area contributed by atoms with Crippen molar-refractivity contribution in [3.63, 3.8) is 0 Å². The van der Waals surface area contributed by atoms with Gasteiger partial charge in [-0.05, 0) is 13.8 Å². The third-order valence-electron chi connectivity index (χ3n) is 1.46. The van der Waals surface area contributed by atoms with Gasteiger partial charge in [-0.2, -0.15) is 0 Å². The van der Waals surface area contributed by atoms with E-state index < -0.39 is 0 Å². The first-order valence-corrected chi connectivity index (χ1v) is 3.41. The molecule has 1 heterocycles. The van der Waals surface area contributed by atoms with Crippen LogP contribution in [0.2, 0.25) is 0 Å². The van der Waals surface area contributed by atoms with Gasteiger partial charge in [0, 0.05) is 12.7 Å². The van der Waals surface area contributed by atoms with Crippen LogP contribution < -0.4 is 0 Å². The highest BCUT2D eigenvalue weighted by atomic mass is 16.3. The zero-order chi connectivity index (χ0) is 7.56. The maximum absolute atomic E-state index is 8.78. The molecule has 56 valence electrons. The van der Waals surface area contributed by atoms with E-state index in [4.69, 9.17) is 5.11 Å². The fourth-order valence-corrected chi connectivity index (χ4v) is 0.997. The SMILES string of the molecule is CCn1cc(C)nc1CO. The van der Waals surface area contributed by atoms with Gasteiger partial charge in [-0.15, -0.1) is 0 Å². The summed E-state index contributed by atoms with van der Waals surface area (Å²) in [6, 6.07) is 0. The minimum Gasteiger partial charge on any atom is -0.388 e. The van der Waals surface area contributed by atoms with Crippen molar-refractivity contribution in [3.05, 3.63) is 17.7 Å². The normalized spacial score (nSPS) is 10.3. The summed E-state index contributed by atoms with van der Waals surface area (Å²) < 4.78 is 1.94. The predicted octanol–water partition coefficient (Wildman–Crippen LogP) is 0.704. The summed E-state index contributed by atoms with van der Waals surface area (Å²) in [5.41, 5.74) is 0.964. The van der Waals surface area contributed by atoms with E-state index in [-0.39, 0.29) is 6.61 Å². The molecule has 0 spiro atoms. The molecule has 1 rings (SSSR count). The number of nitrogens with zero attached hydrogens (tertiary/aromatic N) is 2. The Morgan fingerprint density at radius 2 is 2.40 bits per heavy atom. The standard InChI is InChI=1S/C7H12N2O/c1-3-9-4-6(2)8-7(9)5-10/h4,10H,3,5H2,1-2H3. The van der Waals surface area contributed by atoms with Gasteiger partial charge < -0.3 is 9.67 Å². The monoisotopic (exact) mass is 140 g/mol. The number of imidazole rings is 1. The van der Waals surface area contributed by atoms with Crippen LogP contribution in [0.5, 0.6) is 0 Å². The van der Waals surface area contributed by atoms with Crippen molar-refractivity contribution in [2.75, 3.05) is 0 Å². The molecular formula is C7H12N2O. The van der Waals surface area contributed by atoms with Gasteiger partial charge in [-0.1, -0.05) is 0 Å². The van der Waals surface area contributed by atoms with Crippen LogP contribution in [0.4, 0.5) is 0 Å². The molecule has 0 aliphatic rings. The summed E-state index contributed by atoms with van der Waals surface area (Å²) in [5, 5.41) is 8.78. The van der Waals surface area contributed by atoms with Crippen molar-refractivity contribution < 1.29 is 5.11 Å². The van der Waals surface area contributed by atoms with Crippen molar-refractivity contribution in [1.82, 2.24) is 9.55 Å². The molecule has 0 aliphatic carbocycles. The van der Waals surface area contributed by atoms with E-state index in [1.165, 1.54) is 0 Å². The summed E-state index contributed by atoms with van der Waals surface area (Å²) in [5.74, 6) is 0.750. The largest absolute Gasteiger partial charge is 0.388 e.